The normalized spacial score (nSPS) is 9.10. The molecule has 0 bridgehead atoms. The predicted molar refractivity (Wildman–Crippen MR) is 91.1 cm³/mol. The second-order valence-corrected chi connectivity index (χ2v) is 4.25. The highest BCUT2D eigenvalue weighted by atomic mass is 35.5. The summed E-state index contributed by atoms with van der Waals surface area (Å²) in [5, 5.41) is 1.12. The van der Waals surface area contributed by atoms with Gasteiger partial charge in [-0.05, 0) is 43.4 Å². The average molecular weight is 335 g/mol. The Bertz CT molecular complexity index is 609. The molecule has 5 nitrogen and oxygen atoms in total. The zero-order chi connectivity index (χ0) is 13.1. The summed E-state index contributed by atoms with van der Waals surface area (Å²) < 4.78 is 5.21. The maximum absolute atomic E-state index is 5.40. The first-order chi connectivity index (χ1) is 8.60. The Labute approximate surface area is 135 Å². The van der Waals surface area contributed by atoms with Crippen LogP contribution in [0.15, 0.2) is 24.3 Å². The zero-order valence-corrected chi connectivity index (χ0v) is 13.4. The minimum absolute atomic E-state index is 0. The van der Waals surface area contributed by atoms with E-state index in [1.54, 1.807) is 7.11 Å². The molecule has 0 amide bonds. The summed E-state index contributed by atoms with van der Waals surface area (Å²) in [6, 6.07) is 7.60. The van der Waals surface area contributed by atoms with Crippen LogP contribution in [0.2, 0.25) is 0 Å². The van der Waals surface area contributed by atoms with Crippen LogP contribution in [0.4, 0.5) is 5.69 Å². The molecule has 110 valence electrons. The smallest absolute Gasteiger partial charge is 0.182 e. The summed E-state index contributed by atoms with van der Waals surface area (Å²) in [4.78, 5) is 4.45. The van der Waals surface area contributed by atoms with Gasteiger partial charge in [-0.25, -0.2) is 0 Å². The van der Waals surface area contributed by atoms with E-state index in [1.165, 1.54) is 0 Å². The highest BCUT2D eigenvalue weighted by molar-refractivity contribution is 7.80. The number of anilines is 1. The molecule has 4 N–H and O–H groups in total. The Morgan fingerprint density at radius 2 is 2.00 bits per heavy atom. The molecule has 0 fully saturated rings. The van der Waals surface area contributed by atoms with Crippen LogP contribution in [0.25, 0.3) is 10.9 Å². The van der Waals surface area contributed by atoms with Gasteiger partial charge in [0.2, 0.25) is 0 Å². The van der Waals surface area contributed by atoms with E-state index in [9.17, 15) is 0 Å². The molecular weight excluding hydrogens is 319 g/mol. The molecule has 0 spiro atoms. The first-order valence-electron chi connectivity index (χ1n) is 5.37. The number of aromatic nitrogens is 1. The predicted octanol–water partition coefficient (Wildman–Crippen LogP) is 2.56. The molecule has 20 heavy (non-hydrogen) atoms. The SMILES string of the molecule is COc1ccc2nc(C)cc(NNC(N)=S)c2c1.Cl.Cl. The number of nitrogens with zero attached hydrogens (tertiary/aromatic N) is 1. The van der Waals surface area contributed by atoms with E-state index in [0.717, 1.165) is 28.0 Å². The molecule has 0 aliphatic heterocycles. The first-order valence-corrected chi connectivity index (χ1v) is 5.78. The fraction of sp³-hybridized carbons (Fsp3) is 0.167. The lowest BCUT2D eigenvalue weighted by Crippen LogP contribution is -2.34. The third-order valence-corrected chi connectivity index (χ3v) is 2.57. The minimum atomic E-state index is 0. The van der Waals surface area contributed by atoms with Crippen LogP contribution in [0.3, 0.4) is 0 Å². The van der Waals surface area contributed by atoms with Gasteiger partial charge in [-0.3, -0.25) is 15.8 Å². The van der Waals surface area contributed by atoms with Crippen LogP contribution in [-0.4, -0.2) is 17.2 Å². The molecule has 1 heterocycles. The van der Waals surface area contributed by atoms with Gasteiger partial charge in [-0.15, -0.1) is 24.8 Å². The Hall–Kier alpha value is -1.50. The number of aryl methyl sites for hydroxylation is 1. The van der Waals surface area contributed by atoms with Crippen molar-refractivity contribution in [2.24, 2.45) is 5.73 Å². The largest absolute Gasteiger partial charge is 0.497 e. The molecule has 1 aromatic heterocycles. The number of hydrogen-bond donors (Lipinski definition) is 3. The van der Waals surface area contributed by atoms with E-state index in [1.807, 2.05) is 31.2 Å². The summed E-state index contributed by atoms with van der Waals surface area (Å²) in [5.74, 6) is 0.770. The number of hydrogen-bond acceptors (Lipinski definition) is 4. The van der Waals surface area contributed by atoms with E-state index in [2.05, 4.69) is 15.8 Å². The number of pyridine rings is 1. The van der Waals surface area contributed by atoms with Gasteiger partial charge in [0, 0.05) is 11.1 Å². The summed E-state index contributed by atoms with van der Waals surface area (Å²) in [6.45, 7) is 1.93. The number of rotatable bonds is 3. The van der Waals surface area contributed by atoms with Gasteiger partial charge in [0.15, 0.2) is 5.11 Å². The quantitative estimate of drug-likeness (QED) is 0.591. The van der Waals surface area contributed by atoms with E-state index in [-0.39, 0.29) is 29.9 Å². The van der Waals surface area contributed by atoms with Gasteiger partial charge in [-0.2, -0.15) is 0 Å². The first kappa shape index (κ1) is 18.5. The van der Waals surface area contributed by atoms with Crippen LogP contribution in [0.1, 0.15) is 5.69 Å². The number of nitrogens with two attached hydrogens (primary N) is 1. The highest BCUT2D eigenvalue weighted by Crippen LogP contribution is 2.26. The summed E-state index contributed by atoms with van der Waals surface area (Å²) in [7, 11) is 1.63. The van der Waals surface area contributed by atoms with Crippen molar-refractivity contribution in [3.8, 4) is 5.75 Å². The second kappa shape index (κ2) is 7.94. The van der Waals surface area contributed by atoms with Crippen molar-refractivity contribution in [1.29, 1.82) is 0 Å². The molecule has 2 aromatic rings. The fourth-order valence-corrected chi connectivity index (χ4v) is 1.75. The van der Waals surface area contributed by atoms with Crippen LogP contribution in [-0.2, 0) is 0 Å². The third-order valence-electron chi connectivity index (χ3n) is 2.46. The molecule has 0 radical (unpaired) electrons. The Balaban J connectivity index is 0.00000180. The molecule has 0 aliphatic carbocycles. The molecule has 0 saturated carbocycles. The number of nitrogens with one attached hydrogen (secondary N) is 2. The lowest BCUT2D eigenvalue weighted by molar-refractivity contribution is 0.415. The van der Waals surface area contributed by atoms with Crippen molar-refractivity contribution in [2.45, 2.75) is 6.92 Å². The van der Waals surface area contributed by atoms with Gasteiger partial charge >= 0.3 is 0 Å². The summed E-state index contributed by atoms with van der Waals surface area (Å²) >= 11 is 4.76. The van der Waals surface area contributed by atoms with Crippen molar-refractivity contribution >= 4 is 58.7 Å². The third kappa shape index (κ3) is 4.26. The van der Waals surface area contributed by atoms with Crippen LogP contribution < -0.4 is 21.3 Å². The Kier molecular flexibility index (Phi) is 7.34. The van der Waals surface area contributed by atoms with Gasteiger partial charge in [0.25, 0.3) is 0 Å². The second-order valence-electron chi connectivity index (χ2n) is 3.81. The van der Waals surface area contributed by atoms with Crippen molar-refractivity contribution in [1.82, 2.24) is 10.4 Å². The molecular formula is C12H16Cl2N4OS. The number of ether oxygens (including phenoxy) is 1. The molecule has 0 unspecified atom stereocenters. The molecule has 1 aromatic carbocycles. The number of halogens is 2. The van der Waals surface area contributed by atoms with E-state index < -0.39 is 0 Å². The van der Waals surface area contributed by atoms with Crippen LogP contribution >= 0.6 is 37.0 Å². The zero-order valence-electron chi connectivity index (χ0n) is 11.0. The van der Waals surface area contributed by atoms with Crippen molar-refractivity contribution < 1.29 is 4.74 Å². The average Bonchev–Trinajstić information content (AvgIpc) is 2.35. The molecule has 0 saturated heterocycles. The molecule has 8 heteroatoms. The van der Waals surface area contributed by atoms with Crippen LogP contribution in [0, 0.1) is 6.92 Å². The highest BCUT2D eigenvalue weighted by Gasteiger charge is 2.05. The molecule has 2 rings (SSSR count). The summed E-state index contributed by atoms with van der Waals surface area (Å²) in [5.41, 5.74) is 13.7. The number of hydrazine groups is 1. The Morgan fingerprint density at radius 1 is 1.30 bits per heavy atom. The number of methoxy groups -OCH3 is 1. The van der Waals surface area contributed by atoms with Gasteiger partial charge in [0.1, 0.15) is 5.75 Å². The number of fused-ring (bicyclic) bond motifs is 1. The lowest BCUT2D eigenvalue weighted by atomic mass is 10.1. The standard InChI is InChI=1S/C12H14N4OS.2ClH/c1-7-5-11(15-16-12(13)18)9-6-8(17-2)3-4-10(9)14-7;;/h3-6H,1-2H3,(H,14,15)(H3,13,16,18);2*1H. The number of thiocarbonyl (C=S) groups is 1. The van der Waals surface area contributed by atoms with Gasteiger partial charge < -0.3 is 10.5 Å². The topological polar surface area (TPSA) is 72.2 Å². The lowest BCUT2D eigenvalue weighted by Gasteiger charge is -2.12. The molecule has 0 atom stereocenters. The van der Waals surface area contributed by atoms with E-state index in [4.69, 9.17) is 22.7 Å². The van der Waals surface area contributed by atoms with Gasteiger partial charge in [-0.1, -0.05) is 0 Å². The molecule has 0 aliphatic rings. The van der Waals surface area contributed by atoms with Gasteiger partial charge in [0.05, 0.1) is 18.3 Å². The number of benzene rings is 1. The maximum Gasteiger partial charge on any atom is 0.182 e. The fourth-order valence-electron chi connectivity index (χ4n) is 1.70. The van der Waals surface area contributed by atoms with E-state index >= 15 is 0 Å². The summed E-state index contributed by atoms with van der Waals surface area (Å²) in [6.07, 6.45) is 0. The Morgan fingerprint density at radius 3 is 2.60 bits per heavy atom. The van der Waals surface area contributed by atoms with Crippen molar-refractivity contribution in [2.75, 3.05) is 12.5 Å². The monoisotopic (exact) mass is 334 g/mol. The van der Waals surface area contributed by atoms with Crippen LogP contribution in [0.5, 0.6) is 5.75 Å². The van der Waals surface area contributed by atoms with E-state index in [0.29, 0.717) is 0 Å². The maximum atomic E-state index is 5.40. The minimum Gasteiger partial charge on any atom is -0.497 e. The van der Waals surface area contributed by atoms with Crippen molar-refractivity contribution in [3.05, 3.63) is 30.0 Å². The van der Waals surface area contributed by atoms with Crippen molar-refractivity contribution in [3.63, 3.8) is 0 Å².